The van der Waals surface area contributed by atoms with Crippen LogP contribution in [0, 0.1) is 6.92 Å². The van der Waals surface area contributed by atoms with E-state index >= 15 is 0 Å². The fraction of sp³-hybridized carbons (Fsp3) is 0.471. The molecular weight excluding hydrogens is 485 g/mol. The van der Waals surface area contributed by atoms with E-state index in [1.54, 1.807) is 12.1 Å². The average Bonchev–Trinajstić information content (AvgIpc) is 3.05. The van der Waals surface area contributed by atoms with Gasteiger partial charge in [-0.25, -0.2) is 9.10 Å². The summed E-state index contributed by atoms with van der Waals surface area (Å²) in [4.78, 5) is 12.0. The maximum absolute atomic E-state index is 12.0. The molecule has 1 aromatic heterocycles. The molecule has 2 heterocycles. The molecule has 0 radical (unpaired) electrons. The number of esters is 1. The molecule has 0 bridgehead atoms. The molecule has 0 amide bonds. The molecule has 1 aliphatic rings. The summed E-state index contributed by atoms with van der Waals surface area (Å²) in [5, 5.41) is 1.03. The zero-order valence-corrected chi connectivity index (χ0v) is 19.2. The third-order valence-corrected chi connectivity index (χ3v) is 6.47. The Morgan fingerprint density at radius 2 is 1.96 bits per heavy atom. The highest BCUT2D eigenvalue weighted by molar-refractivity contribution is 14.2. The smallest absolute Gasteiger partial charge is 0.355 e. The summed E-state index contributed by atoms with van der Waals surface area (Å²) in [6.45, 7) is 9.41. The second-order valence-electron chi connectivity index (χ2n) is 5.35. The van der Waals surface area contributed by atoms with Gasteiger partial charge < -0.3 is 14.2 Å². The third kappa shape index (κ3) is 5.00. The summed E-state index contributed by atoms with van der Waals surface area (Å²) in [6.07, 6.45) is 0. The van der Waals surface area contributed by atoms with E-state index in [1.165, 1.54) is 16.2 Å². The van der Waals surface area contributed by atoms with Crippen LogP contribution in [-0.4, -0.2) is 47.7 Å². The van der Waals surface area contributed by atoms with E-state index < -0.39 is 0 Å². The molecule has 0 aliphatic carbocycles. The molecule has 0 saturated carbocycles. The second-order valence-corrected chi connectivity index (χ2v) is 7.93. The number of hydrogen-bond donors (Lipinski definition) is 1. The van der Waals surface area contributed by atoms with Crippen molar-refractivity contribution in [2.45, 2.75) is 20.8 Å². The van der Waals surface area contributed by atoms with Crippen molar-refractivity contribution in [2.75, 3.05) is 38.1 Å². The molecule has 0 atom stereocenters. The van der Waals surface area contributed by atoms with Crippen LogP contribution in [0.25, 0.3) is 10.9 Å². The molecule has 0 spiro atoms. The number of carbonyl (C=O) groups excluding carboxylic acids is 1. The lowest BCUT2D eigenvalue weighted by Gasteiger charge is -2.25. The second kappa shape index (κ2) is 10.6. The number of aryl methyl sites for hydroxylation is 1. The van der Waals surface area contributed by atoms with Gasteiger partial charge in [-0.15, -0.1) is 0 Å². The Labute approximate surface area is 175 Å². The maximum Gasteiger partial charge on any atom is 0.355 e. The number of rotatable bonds is 5. The summed E-state index contributed by atoms with van der Waals surface area (Å²) in [7, 11) is 2.86. The number of morpholine rings is 1. The standard InChI is InChI=1S/C15H18IN3O3S2.C2H6/c1-10-7-11-8-14(15(20)21-2)19(23-16)13(11)9-12(10)17-24-18-3-5-22-6-4-18;1-2/h7-9,17H,3-6H2,1-2H3;1-2H3. The third-order valence-electron chi connectivity index (χ3n) is 3.82. The van der Waals surface area contributed by atoms with Gasteiger partial charge in [-0.05, 0) is 30.7 Å². The van der Waals surface area contributed by atoms with Gasteiger partial charge in [0.05, 0.1) is 31.5 Å². The van der Waals surface area contributed by atoms with E-state index in [-0.39, 0.29) is 5.97 Å². The number of fused-ring (bicyclic) bond motifs is 1. The summed E-state index contributed by atoms with van der Waals surface area (Å²) < 4.78 is 17.8. The number of nitrogens with one attached hydrogen (secondary N) is 1. The number of nitrogens with zero attached hydrogens (tertiary/aromatic N) is 2. The van der Waals surface area contributed by atoms with E-state index in [4.69, 9.17) is 9.47 Å². The number of benzene rings is 1. The molecule has 3 rings (SSSR count). The molecular formula is C17H24IN3O3S2. The first kappa shape index (κ1) is 21.7. The monoisotopic (exact) mass is 509 g/mol. The predicted octanol–water partition coefficient (Wildman–Crippen LogP) is 4.92. The van der Waals surface area contributed by atoms with Gasteiger partial charge in [-0.3, -0.25) is 3.97 Å². The SMILES string of the molecule is CC.COC(=O)c1cc2cc(C)c(NSN3CCOCC3)cc2n1SI. The fourth-order valence-electron chi connectivity index (χ4n) is 2.53. The Kier molecular flexibility index (Phi) is 8.88. The molecule has 1 aromatic carbocycles. The topological polar surface area (TPSA) is 55.7 Å². The summed E-state index contributed by atoms with van der Waals surface area (Å²) in [5.41, 5.74) is 3.71. The Balaban J connectivity index is 0.00000117. The van der Waals surface area contributed by atoms with Gasteiger partial charge in [0.1, 0.15) is 5.69 Å². The lowest BCUT2D eigenvalue weighted by Crippen LogP contribution is -2.32. The van der Waals surface area contributed by atoms with Crippen molar-refractivity contribution >= 4 is 65.0 Å². The van der Waals surface area contributed by atoms with Gasteiger partial charge in [0.2, 0.25) is 0 Å². The average molecular weight is 509 g/mol. The van der Waals surface area contributed by atoms with Gasteiger partial charge in [0.25, 0.3) is 0 Å². The van der Waals surface area contributed by atoms with Crippen molar-refractivity contribution in [1.29, 1.82) is 0 Å². The normalized spacial score (nSPS) is 14.7. The molecule has 144 valence electrons. The van der Waals surface area contributed by atoms with Gasteiger partial charge in [0.15, 0.2) is 0 Å². The maximum atomic E-state index is 12.0. The molecule has 2 aromatic rings. The van der Waals surface area contributed by atoms with Gasteiger partial charge in [0, 0.05) is 60.9 Å². The molecule has 1 saturated heterocycles. The fourth-order valence-corrected chi connectivity index (χ4v) is 5.01. The van der Waals surface area contributed by atoms with Crippen molar-refractivity contribution in [3.63, 3.8) is 0 Å². The van der Waals surface area contributed by atoms with E-state index in [2.05, 4.69) is 49.3 Å². The highest BCUT2D eigenvalue weighted by Crippen LogP contribution is 2.33. The first-order chi connectivity index (χ1) is 12.6. The lowest BCUT2D eigenvalue weighted by atomic mass is 10.1. The number of hydrogen-bond acceptors (Lipinski definition) is 7. The largest absolute Gasteiger partial charge is 0.464 e. The zero-order valence-electron chi connectivity index (χ0n) is 15.4. The Morgan fingerprint density at radius 1 is 1.27 bits per heavy atom. The highest BCUT2D eigenvalue weighted by atomic mass is 127. The summed E-state index contributed by atoms with van der Waals surface area (Å²) in [6, 6.07) is 6.04. The number of halogens is 1. The van der Waals surface area contributed by atoms with Crippen molar-refractivity contribution in [3.8, 4) is 0 Å². The Bertz CT molecular complexity index is 748. The minimum absolute atomic E-state index is 0.329. The minimum atomic E-state index is -0.329. The van der Waals surface area contributed by atoms with Crippen LogP contribution >= 0.6 is 42.5 Å². The quantitative estimate of drug-likeness (QED) is 0.349. The van der Waals surface area contributed by atoms with Crippen LogP contribution in [0.5, 0.6) is 0 Å². The van der Waals surface area contributed by atoms with Crippen LogP contribution in [0.3, 0.4) is 0 Å². The van der Waals surface area contributed by atoms with Crippen LogP contribution in [-0.2, 0) is 9.47 Å². The van der Waals surface area contributed by atoms with Crippen LogP contribution in [0.4, 0.5) is 5.69 Å². The lowest BCUT2D eigenvalue weighted by molar-refractivity contribution is 0.0594. The van der Waals surface area contributed by atoms with E-state index in [0.717, 1.165) is 48.5 Å². The van der Waals surface area contributed by atoms with Crippen molar-refractivity contribution < 1.29 is 14.3 Å². The van der Waals surface area contributed by atoms with Gasteiger partial charge in [-0.2, -0.15) is 0 Å². The van der Waals surface area contributed by atoms with Crippen LogP contribution in [0.1, 0.15) is 29.9 Å². The van der Waals surface area contributed by atoms with Crippen molar-refractivity contribution in [2.24, 2.45) is 0 Å². The zero-order chi connectivity index (χ0) is 19.1. The van der Waals surface area contributed by atoms with Crippen LogP contribution in [0.15, 0.2) is 18.2 Å². The van der Waals surface area contributed by atoms with Gasteiger partial charge >= 0.3 is 5.97 Å². The number of methoxy groups -OCH3 is 1. The van der Waals surface area contributed by atoms with E-state index in [9.17, 15) is 4.79 Å². The number of anilines is 1. The number of aromatic nitrogens is 1. The summed E-state index contributed by atoms with van der Waals surface area (Å²) >= 11 is 3.77. The molecule has 26 heavy (non-hydrogen) atoms. The van der Waals surface area contributed by atoms with Crippen molar-refractivity contribution in [3.05, 3.63) is 29.5 Å². The number of carbonyl (C=O) groups is 1. The number of ether oxygens (including phenoxy) is 2. The highest BCUT2D eigenvalue weighted by Gasteiger charge is 2.18. The van der Waals surface area contributed by atoms with Crippen molar-refractivity contribution in [1.82, 2.24) is 8.28 Å². The van der Waals surface area contributed by atoms with E-state index in [1.807, 2.05) is 23.9 Å². The van der Waals surface area contributed by atoms with Crippen LogP contribution < -0.4 is 4.72 Å². The summed E-state index contributed by atoms with van der Waals surface area (Å²) in [5.74, 6) is -0.329. The molecule has 1 aliphatic heterocycles. The molecule has 1 fully saturated rings. The first-order valence-electron chi connectivity index (χ1n) is 8.43. The molecule has 1 N–H and O–H groups in total. The molecule has 9 heteroatoms. The minimum Gasteiger partial charge on any atom is -0.464 e. The molecule has 0 unspecified atom stereocenters. The van der Waals surface area contributed by atoms with Crippen LogP contribution in [0.2, 0.25) is 0 Å². The van der Waals surface area contributed by atoms with E-state index in [0.29, 0.717) is 5.69 Å². The Hall–Kier alpha value is -0.620. The molecule has 6 nitrogen and oxygen atoms in total. The predicted molar refractivity (Wildman–Crippen MR) is 120 cm³/mol. The Morgan fingerprint density at radius 3 is 2.58 bits per heavy atom. The van der Waals surface area contributed by atoms with Gasteiger partial charge in [-0.1, -0.05) is 13.8 Å². The first-order valence-corrected chi connectivity index (χ1v) is 12.5.